The van der Waals surface area contributed by atoms with Crippen LogP contribution in [-0.4, -0.2) is 56.1 Å². The Morgan fingerprint density at radius 3 is 2.33 bits per heavy atom. The van der Waals surface area contributed by atoms with E-state index in [2.05, 4.69) is 41.2 Å². The van der Waals surface area contributed by atoms with Crippen LogP contribution in [0.25, 0.3) is 0 Å². The zero-order valence-electron chi connectivity index (χ0n) is 12.7. The molecule has 0 bridgehead atoms. The van der Waals surface area contributed by atoms with Gasteiger partial charge in [0, 0.05) is 50.3 Å². The molecule has 1 fully saturated rings. The van der Waals surface area contributed by atoms with Gasteiger partial charge >= 0.3 is 0 Å². The molecule has 0 spiro atoms. The molecule has 2 rings (SSSR count). The predicted molar refractivity (Wildman–Crippen MR) is 96.3 cm³/mol. The molecule has 0 aliphatic carbocycles. The van der Waals surface area contributed by atoms with Crippen molar-refractivity contribution in [3.8, 4) is 0 Å². The highest BCUT2D eigenvalue weighted by atomic mass is 35.5. The smallest absolute Gasteiger partial charge is 0.0406 e. The molecule has 3 nitrogen and oxygen atoms in total. The Kier molecular flexibility index (Phi) is 10.6. The minimum Gasteiger partial charge on any atom is -0.314 e. The number of piperazine rings is 1. The lowest BCUT2D eigenvalue weighted by molar-refractivity contribution is 0.183. The van der Waals surface area contributed by atoms with Crippen molar-refractivity contribution < 1.29 is 0 Å². The van der Waals surface area contributed by atoms with Gasteiger partial charge in [-0.15, -0.1) is 24.8 Å². The average molecular weight is 355 g/mol. The molecule has 1 aromatic rings. The maximum absolute atomic E-state index is 5.93. The highest BCUT2D eigenvalue weighted by Crippen LogP contribution is 2.20. The van der Waals surface area contributed by atoms with Gasteiger partial charge in [-0.25, -0.2) is 0 Å². The molecule has 1 aliphatic heterocycles. The number of nitrogens with zero attached hydrogens (tertiary/aromatic N) is 2. The van der Waals surface area contributed by atoms with E-state index in [0.717, 1.165) is 31.2 Å². The predicted octanol–water partition coefficient (Wildman–Crippen LogP) is 3.08. The van der Waals surface area contributed by atoms with Crippen LogP contribution >= 0.6 is 36.4 Å². The fourth-order valence-electron chi connectivity index (χ4n) is 2.42. The Balaban J connectivity index is 0.00000200. The SMILES string of the molecule is CC(c1ccc(Cl)cc1)N(C)CCN1CCNCC1.Cl.Cl. The molecule has 21 heavy (non-hydrogen) atoms. The third kappa shape index (κ3) is 6.72. The highest BCUT2D eigenvalue weighted by Gasteiger charge is 2.14. The second-order valence-corrected chi connectivity index (χ2v) is 5.74. The molecular weight excluding hydrogens is 329 g/mol. The molecule has 1 aromatic carbocycles. The number of hydrogen-bond donors (Lipinski definition) is 1. The van der Waals surface area contributed by atoms with Crippen LogP contribution in [0.5, 0.6) is 0 Å². The molecule has 1 heterocycles. The molecule has 122 valence electrons. The van der Waals surface area contributed by atoms with E-state index in [-0.39, 0.29) is 24.8 Å². The third-order valence-electron chi connectivity index (χ3n) is 3.99. The van der Waals surface area contributed by atoms with E-state index >= 15 is 0 Å². The number of nitrogens with one attached hydrogen (secondary N) is 1. The van der Waals surface area contributed by atoms with Crippen LogP contribution in [0, 0.1) is 0 Å². The highest BCUT2D eigenvalue weighted by molar-refractivity contribution is 6.30. The van der Waals surface area contributed by atoms with Gasteiger partial charge in [0.1, 0.15) is 0 Å². The molecule has 1 atom stereocenters. The summed E-state index contributed by atoms with van der Waals surface area (Å²) in [6, 6.07) is 8.61. The fraction of sp³-hybridized carbons (Fsp3) is 0.600. The van der Waals surface area contributed by atoms with Crippen LogP contribution in [-0.2, 0) is 0 Å². The topological polar surface area (TPSA) is 18.5 Å². The van der Waals surface area contributed by atoms with Gasteiger partial charge in [-0.1, -0.05) is 23.7 Å². The molecule has 1 aliphatic rings. The van der Waals surface area contributed by atoms with Gasteiger partial charge in [-0.2, -0.15) is 0 Å². The fourth-order valence-corrected chi connectivity index (χ4v) is 2.55. The van der Waals surface area contributed by atoms with Crippen molar-refractivity contribution in [2.24, 2.45) is 0 Å². The van der Waals surface area contributed by atoms with E-state index in [0.29, 0.717) is 6.04 Å². The van der Waals surface area contributed by atoms with E-state index in [1.165, 1.54) is 18.7 Å². The zero-order chi connectivity index (χ0) is 13.7. The normalized spacial score (nSPS) is 17.0. The average Bonchev–Trinajstić information content (AvgIpc) is 2.46. The summed E-state index contributed by atoms with van der Waals surface area (Å²) < 4.78 is 0. The maximum atomic E-state index is 5.93. The number of halogens is 3. The molecule has 0 amide bonds. The van der Waals surface area contributed by atoms with Gasteiger partial charge in [0.25, 0.3) is 0 Å². The quantitative estimate of drug-likeness (QED) is 0.876. The summed E-state index contributed by atoms with van der Waals surface area (Å²) in [6.07, 6.45) is 0. The first-order valence-corrected chi connectivity index (χ1v) is 7.43. The van der Waals surface area contributed by atoms with Gasteiger partial charge in [0.15, 0.2) is 0 Å². The minimum atomic E-state index is 0. The molecule has 1 N–H and O–H groups in total. The summed E-state index contributed by atoms with van der Waals surface area (Å²) in [6.45, 7) is 9.08. The summed E-state index contributed by atoms with van der Waals surface area (Å²) in [5.41, 5.74) is 1.33. The van der Waals surface area contributed by atoms with Crippen LogP contribution in [0.4, 0.5) is 0 Å². The summed E-state index contributed by atoms with van der Waals surface area (Å²) >= 11 is 5.93. The Morgan fingerprint density at radius 2 is 1.76 bits per heavy atom. The van der Waals surface area contributed by atoms with Crippen molar-refractivity contribution in [1.29, 1.82) is 0 Å². The molecule has 0 saturated carbocycles. The number of rotatable bonds is 5. The van der Waals surface area contributed by atoms with Crippen molar-refractivity contribution in [1.82, 2.24) is 15.1 Å². The first-order chi connectivity index (χ1) is 9.16. The van der Waals surface area contributed by atoms with Crippen LogP contribution in [0.1, 0.15) is 18.5 Å². The summed E-state index contributed by atoms with van der Waals surface area (Å²) in [5.74, 6) is 0. The monoisotopic (exact) mass is 353 g/mol. The first-order valence-electron chi connectivity index (χ1n) is 7.05. The van der Waals surface area contributed by atoms with Gasteiger partial charge < -0.3 is 5.32 Å². The lowest BCUT2D eigenvalue weighted by atomic mass is 10.1. The van der Waals surface area contributed by atoms with E-state index < -0.39 is 0 Å². The molecule has 6 heteroatoms. The summed E-state index contributed by atoms with van der Waals surface area (Å²) in [5, 5.41) is 4.19. The zero-order valence-corrected chi connectivity index (χ0v) is 15.1. The maximum Gasteiger partial charge on any atom is 0.0406 e. The second kappa shape index (κ2) is 10.7. The number of benzene rings is 1. The molecule has 0 aromatic heterocycles. The van der Waals surface area contributed by atoms with Gasteiger partial charge in [0.2, 0.25) is 0 Å². The third-order valence-corrected chi connectivity index (χ3v) is 4.24. The standard InChI is InChI=1S/C15H24ClN3.2ClH/c1-13(14-3-5-15(16)6-4-14)18(2)11-12-19-9-7-17-8-10-19;;/h3-6,13,17H,7-12H2,1-2H3;2*1H. The molecular formula is C15H26Cl3N3. The van der Waals surface area contributed by atoms with Crippen LogP contribution in [0.3, 0.4) is 0 Å². The second-order valence-electron chi connectivity index (χ2n) is 5.30. The lowest BCUT2D eigenvalue weighted by Crippen LogP contribution is -2.46. The van der Waals surface area contributed by atoms with Crippen LogP contribution < -0.4 is 5.32 Å². The van der Waals surface area contributed by atoms with Crippen molar-refractivity contribution in [3.63, 3.8) is 0 Å². The lowest BCUT2D eigenvalue weighted by Gasteiger charge is -2.31. The van der Waals surface area contributed by atoms with E-state index in [9.17, 15) is 0 Å². The van der Waals surface area contributed by atoms with Crippen LogP contribution in [0.15, 0.2) is 24.3 Å². The molecule has 1 unspecified atom stereocenters. The van der Waals surface area contributed by atoms with E-state index in [1.807, 2.05) is 12.1 Å². The molecule has 0 radical (unpaired) electrons. The van der Waals surface area contributed by atoms with E-state index in [4.69, 9.17) is 11.6 Å². The van der Waals surface area contributed by atoms with Crippen molar-refractivity contribution in [2.75, 3.05) is 46.3 Å². The largest absolute Gasteiger partial charge is 0.314 e. The van der Waals surface area contributed by atoms with Crippen molar-refractivity contribution in [3.05, 3.63) is 34.9 Å². The van der Waals surface area contributed by atoms with Crippen molar-refractivity contribution in [2.45, 2.75) is 13.0 Å². The summed E-state index contributed by atoms with van der Waals surface area (Å²) in [4.78, 5) is 4.94. The Labute approximate surface area is 145 Å². The minimum absolute atomic E-state index is 0. The molecule has 1 saturated heterocycles. The summed E-state index contributed by atoms with van der Waals surface area (Å²) in [7, 11) is 2.20. The van der Waals surface area contributed by atoms with Crippen molar-refractivity contribution >= 4 is 36.4 Å². The van der Waals surface area contributed by atoms with Crippen LogP contribution in [0.2, 0.25) is 5.02 Å². The Hall–Kier alpha value is -0.0300. The van der Waals surface area contributed by atoms with Gasteiger partial charge in [-0.3, -0.25) is 9.80 Å². The Morgan fingerprint density at radius 1 is 1.19 bits per heavy atom. The Bertz CT molecular complexity index is 380. The van der Waals surface area contributed by atoms with Gasteiger partial charge in [0.05, 0.1) is 0 Å². The van der Waals surface area contributed by atoms with E-state index in [1.54, 1.807) is 0 Å². The number of hydrogen-bond acceptors (Lipinski definition) is 3. The number of likely N-dealkylation sites (N-methyl/N-ethyl adjacent to an activating group) is 1. The van der Waals surface area contributed by atoms with Gasteiger partial charge in [-0.05, 0) is 31.7 Å². The first kappa shape index (κ1) is 21.0.